The van der Waals surface area contributed by atoms with Gasteiger partial charge in [-0.1, -0.05) is 6.92 Å². The van der Waals surface area contributed by atoms with E-state index in [2.05, 4.69) is 5.14 Å². The van der Waals surface area contributed by atoms with Gasteiger partial charge < -0.3 is 0 Å². The predicted octanol–water partition coefficient (Wildman–Crippen LogP) is -0.900. The molecule has 2 N–H and O–H groups in total. The molecule has 0 aromatic carbocycles. The van der Waals surface area contributed by atoms with E-state index in [0.29, 0.717) is 0 Å². The highest BCUT2D eigenvalue weighted by atomic mass is 32.2. The van der Waals surface area contributed by atoms with Crippen LogP contribution in [0.5, 0.6) is 0 Å². The van der Waals surface area contributed by atoms with Crippen molar-refractivity contribution < 1.29 is 16.8 Å². The zero-order valence-electron chi connectivity index (χ0n) is 6.86. The molecule has 0 saturated heterocycles. The molecule has 0 atom stereocenters. The molecule has 0 amide bonds. The van der Waals surface area contributed by atoms with Crippen LogP contribution in [0.25, 0.3) is 0 Å². The van der Waals surface area contributed by atoms with E-state index in [1.807, 2.05) is 0 Å². The van der Waals surface area contributed by atoms with E-state index >= 15 is 0 Å². The summed E-state index contributed by atoms with van der Waals surface area (Å²) in [5.41, 5.74) is 0. The largest absolute Gasteiger partial charge is 0.229 e. The summed E-state index contributed by atoms with van der Waals surface area (Å²) >= 11 is 0. The molecule has 0 aliphatic carbocycles. The van der Waals surface area contributed by atoms with Crippen molar-refractivity contribution in [2.45, 2.75) is 13.3 Å². The monoisotopic (exact) mass is 215 g/mol. The summed E-state index contributed by atoms with van der Waals surface area (Å²) in [6.45, 7) is 1.52. The first-order valence-corrected chi connectivity index (χ1v) is 7.01. The molecule has 0 heterocycles. The Hall–Kier alpha value is -0.140. The van der Waals surface area contributed by atoms with Crippen LogP contribution < -0.4 is 5.14 Å². The molecule has 0 fully saturated rings. The quantitative estimate of drug-likeness (QED) is 0.643. The van der Waals surface area contributed by atoms with Gasteiger partial charge in [0.05, 0.1) is 11.5 Å². The lowest BCUT2D eigenvalue weighted by molar-refractivity contribution is 0.591. The third kappa shape index (κ3) is 6.56. The molecule has 0 aromatic rings. The van der Waals surface area contributed by atoms with E-state index in [1.165, 1.54) is 6.92 Å². The van der Waals surface area contributed by atoms with Crippen molar-refractivity contribution >= 4 is 19.9 Å². The molecule has 0 spiro atoms. The number of rotatable bonds is 5. The molecule has 74 valence electrons. The molecule has 0 aliphatic rings. The Morgan fingerprint density at radius 2 is 1.58 bits per heavy atom. The Labute approximate surface area is 72.9 Å². The highest BCUT2D eigenvalue weighted by Crippen LogP contribution is 1.94. The van der Waals surface area contributed by atoms with Crippen LogP contribution in [0.2, 0.25) is 0 Å². The first-order valence-electron chi connectivity index (χ1n) is 3.48. The SMILES string of the molecule is CCS(=O)(=O)CCCS(N)(=O)=O. The van der Waals surface area contributed by atoms with E-state index in [-0.39, 0.29) is 23.7 Å². The summed E-state index contributed by atoms with van der Waals surface area (Å²) in [6, 6.07) is 0. The van der Waals surface area contributed by atoms with Gasteiger partial charge in [-0.25, -0.2) is 22.0 Å². The minimum absolute atomic E-state index is 0.0393. The normalized spacial score (nSPS) is 13.2. The molecule has 0 rings (SSSR count). The summed E-state index contributed by atoms with van der Waals surface area (Å²) < 4.78 is 42.5. The van der Waals surface area contributed by atoms with Gasteiger partial charge in [0.25, 0.3) is 0 Å². The van der Waals surface area contributed by atoms with Gasteiger partial charge in [-0.2, -0.15) is 0 Å². The topological polar surface area (TPSA) is 94.3 Å². The Bertz CT molecular complexity index is 315. The summed E-state index contributed by atoms with van der Waals surface area (Å²) in [6.07, 6.45) is 0.0784. The first kappa shape index (κ1) is 11.9. The maximum atomic E-state index is 10.8. The van der Waals surface area contributed by atoms with Gasteiger partial charge in [0.2, 0.25) is 10.0 Å². The van der Waals surface area contributed by atoms with Gasteiger partial charge in [-0.05, 0) is 6.42 Å². The van der Waals surface area contributed by atoms with Crippen LogP contribution in [0, 0.1) is 0 Å². The van der Waals surface area contributed by atoms with Crippen LogP contribution in [0.3, 0.4) is 0 Å². The fraction of sp³-hybridized carbons (Fsp3) is 1.00. The van der Waals surface area contributed by atoms with Crippen molar-refractivity contribution in [3.8, 4) is 0 Å². The molecule has 5 nitrogen and oxygen atoms in total. The van der Waals surface area contributed by atoms with Crippen LogP contribution in [0.4, 0.5) is 0 Å². The van der Waals surface area contributed by atoms with Crippen molar-refractivity contribution in [3.63, 3.8) is 0 Å². The van der Waals surface area contributed by atoms with Gasteiger partial charge in [0.15, 0.2) is 0 Å². The summed E-state index contributed by atoms with van der Waals surface area (Å²) in [4.78, 5) is 0. The number of sulfonamides is 1. The molecule has 0 unspecified atom stereocenters. The minimum Gasteiger partial charge on any atom is -0.229 e. The molecule has 0 radical (unpaired) electrons. The van der Waals surface area contributed by atoms with E-state index in [0.717, 1.165) is 0 Å². The van der Waals surface area contributed by atoms with Gasteiger partial charge in [0.1, 0.15) is 9.84 Å². The summed E-state index contributed by atoms with van der Waals surface area (Å²) in [5.74, 6) is -0.343. The van der Waals surface area contributed by atoms with Crippen molar-refractivity contribution in [1.29, 1.82) is 0 Å². The zero-order chi connectivity index (χ0) is 9.83. The Morgan fingerprint density at radius 1 is 1.08 bits per heavy atom. The first-order chi connectivity index (χ1) is 5.27. The number of sulfone groups is 1. The molecule has 0 saturated carbocycles. The van der Waals surface area contributed by atoms with Crippen LogP contribution in [0.1, 0.15) is 13.3 Å². The van der Waals surface area contributed by atoms with Crippen molar-refractivity contribution in [2.75, 3.05) is 17.3 Å². The average Bonchev–Trinajstić information content (AvgIpc) is 1.84. The highest BCUT2D eigenvalue weighted by Gasteiger charge is 2.09. The molecule has 0 bridgehead atoms. The fourth-order valence-electron chi connectivity index (χ4n) is 0.624. The molecule has 0 aliphatic heterocycles. The van der Waals surface area contributed by atoms with E-state index in [9.17, 15) is 16.8 Å². The lowest BCUT2D eigenvalue weighted by Crippen LogP contribution is -2.19. The smallest absolute Gasteiger partial charge is 0.209 e. The van der Waals surface area contributed by atoms with E-state index in [1.54, 1.807) is 0 Å². The molecule has 12 heavy (non-hydrogen) atoms. The number of nitrogens with two attached hydrogens (primary N) is 1. The van der Waals surface area contributed by atoms with Crippen molar-refractivity contribution in [1.82, 2.24) is 0 Å². The fourth-order valence-corrected chi connectivity index (χ4v) is 2.23. The second kappa shape index (κ2) is 4.20. The Balaban J connectivity index is 3.89. The predicted molar refractivity (Wildman–Crippen MR) is 46.9 cm³/mol. The van der Waals surface area contributed by atoms with Gasteiger partial charge in [-0.3, -0.25) is 0 Å². The molecular formula is C5H13NO4S2. The van der Waals surface area contributed by atoms with Gasteiger partial charge in [0, 0.05) is 5.75 Å². The van der Waals surface area contributed by atoms with E-state index < -0.39 is 19.9 Å². The Morgan fingerprint density at radius 3 is 1.92 bits per heavy atom. The van der Waals surface area contributed by atoms with Crippen molar-refractivity contribution in [2.24, 2.45) is 5.14 Å². The maximum absolute atomic E-state index is 10.8. The van der Waals surface area contributed by atoms with Crippen LogP contribution in [0.15, 0.2) is 0 Å². The van der Waals surface area contributed by atoms with Gasteiger partial charge in [-0.15, -0.1) is 0 Å². The maximum Gasteiger partial charge on any atom is 0.209 e. The molecule has 0 aromatic heterocycles. The number of primary sulfonamides is 1. The third-order valence-electron chi connectivity index (χ3n) is 1.32. The Kier molecular flexibility index (Phi) is 4.15. The zero-order valence-corrected chi connectivity index (χ0v) is 8.49. The molecular weight excluding hydrogens is 202 g/mol. The number of hydrogen-bond acceptors (Lipinski definition) is 4. The number of hydrogen-bond donors (Lipinski definition) is 1. The highest BCUT2D eigenvalue weighted by molar-refractivity contribution is 7.91. The summed E-state index contributed by atoms with van der Waals surface area (Å²) in [7, 11) is -6.58. The second-order valence-electron chi connectivity index (χ2n) is 2.46. The van der Waals surface area contributed by atoms with Gasteiger partial charge >= 0.3 is 0 Å². The second-order valence-corrected chi connectivity index (χ2v) is 6.66. The lowest BCUT2D eigenvalue weighted by atomic mass is 10.6. The van der Waals surface area contributed by atoms with Crippen LogP contribution >= 0.6 is 0 Å². The minimum atomic E-state index is -3.52. The molecule has 7 heteroatoms. The van der Waals surface area contributed by atoms with E-state index in [4.69, 9.17) is 0 Å². The lowest BCUT2D eigenvalue weighted by Gasteiger charge is -1.99. The summed E-state index contributed by atoms with van der Waals surface area (Å²) in [5, 5.41) is 4.68. The standard InChI is InChI=1S/C5H13NO4S2/c1-2-11(7,8)4-3-5-12(6,9)10/h2-5H2,1H3,(H2,6,9,10). The van der Waals surface area contributed by atoms with Crippen molar-refractivity contribution in [3.05, 3.63) is 0 Å². The average molecular weight is 215 g/mol. The third-order valence-corrected chi connectivity index (χ3v) is 3.97. The van der Waals surface area contributed by atoms with Crippen LogP contribution in [-0.2, 0) is 19.9 Å². The van der Waals surface area contributed by atoms with Crippen LogP contribution in [-0.4, -0.2) is 34.1 Å².